The molecule has 0 N–H and O–H groups in total. The first-order valence-corrected chi connectivity index (χ1v) is 21.8. The molecular formula is C60H51N. The van der Waals surface area contributed by atoms with Crippen molar-refractivity contribution < 1.29 is 0 Å². The van der Waals surface area contributed by atoms with Crippen LogP contribution in [0.2, 0.25) is 0 Å². The lowest BCUT2D eigenvalue weighted by Gasteiger charge is -2.22. The lowest BCUT2D eigenvalue weighted by Crippen LogP contribution is -2.14. The van der Waals surface area contributed by atoms with Gasteiger partial charge in [0.05, 0.1) is 11.0 Å². The fourth-order valence-corrected chi connectivity index (χ4v) is 10.1. The van der Waals surface area contributed by atoms with Crippen LogP contribution in [0.15, 0.2) is 182 Å². The van der Waals surface area contributed by atoms with Crippen molar-refractivity contribution in [3.63, 3.8) is 0 Å². The minimum absolute atomic E-state index is 0.0852. The van der Waals surface area contributed by atoms with Crippen LogP contribution in [0.3, 0.4) is 0 Å². The van der Waals surface area contributed by atoms with E-state index in [0.717, 1.165) is 0 Å². The summed E-state index contributed by atoms with van der Waals surface area (Å²) in [5, 5.41) is 13.1. The molecule has 11 aromatic rings. The molecule has 0 fully saturated rings. The molecule has 0 spiro atoms. The van der Waals surface area contributed by atoms with E-state index in [1.165, 1.54) is 121 Å². The van der Waals surface area contributed by atoms with Gasteiger partial charge in [-0.3, -0.25) is 0 Å². The molecule has 0 radical (unpaired) electrons. The Morgan fingerprint density at radius 1 is 0.344 bits per heavy atom. The van der Waals surface area contributed by atoms with Gasteiger partial charge in [-0.15, -0.1) is 0 Å². The third-order valence-electron chi connectivity index (χ3n) is 13.2. The van der Waals surface area contributed by atoms with E-state index in [1.807, 2.05) is 13.8 Å². The molecule has 0 atom stereocenters. The van der Waals surface area contributed by atoms with Gasteiger partial charge in [0, 0.05) is 21.9 Å². The molecule has 0 saturated heterocycles. The Labute approximate surface area is 359 Å². The monoisotopic (exact) mass is 785 g/mol. The Bertz CT molecular complexity index is 3500. The summed E-state index contributed by atoms with van der Waals surface area (Å²) >= 11 is 0. The van der Waals surface area contributed by atoms with E-state index in [-0.39, 0.29) is 5.41 Å². The van der Waals surface area contributed by atoms with Crippen LogP contribution in [-0.4, -0.2) is 4.57 Å². The van der Waals surface area contributed by atoms with Gasteiger partial charge >= 0.3 is 0 Å². The highest BCUT2D eigenvalue weighted by Crippen LogP contribution is 2.51. The van der Waals surface area contributed by atoms with Gasteiger partial charge in [-0.1, -0.05) is 179 Å². The second-order valence-corrected chi connectivity index (χ2v) is 17.1. The predicted molar refractivity (Wildman–Crippen MR) is 266 cm³/mol. The van der Waals surface area contributed by atoms with Crippen LogP contribution in [0.4, 0.5) is 0 Å². The first kappa shape index (κ1) is 38.3. The standard InChI is InChI=1S/C47H35N.C11H10.C2H6/c1-28-13-5-6-14-31(28)37-23-30(22-21-29(37)2)48-45-26-39-35-18-10-8-16-33(35)32-15-7-9-17-34(32)38(39)24-41(45)42-25-40-36-19-11-12-20-43(36)47(3,4)44(40)27-46(42)48;1-9-6-7-10-4-2-3-5-11(10)8-9;1-2/h5-27H,1-4H3;2-8H,1H3;1-2H3. The average molecular weight is 786 g/mol. The Balaban J connectivity index is 0.000000295. The maximum Gasteiger partial charge on any atom is 0.0547 e. The summed E-state index contributed by atoms with van der Waals surface area (Å²) in [6, 6.07) is 67.4. The summed E-state index contributed by atoms with van der Waals surface area (Å²) in [6.07, 6.45) is 0. The zero-order valence-electron chi connectivity index (χ0n) is 36.3. The van der Waals surface area contributed by atoms with E-state index in [4.69, 9.17) is 0 Å². The second kappa shape index (κ2) is 14.9. The lowest BCUT2D eigenvalue weighted by molar-refractivity contribution is 0.661. The van der Waals surface area contributed by atoms with Crippen LogP contribution in [-0.2, 0) is 5.41 Å². The molecule has 61 heavy (non-hydrogen) atoms. The summed E-state index contributed by atoms with van der Waals surface area (Å²) in [5.41, 5.74) is 15.6. The van der Waals surface area contributed by atoms with Crippen molar-refractivity contribution >= 4 is 64.9 Å². The second-order valence-electron chi connectivity index (χ2n) is 17.1. The molecule has 0 bridgehead atoms. The minimum atomic E-state index is -0.0852. The molecule has 1 nitrogen and oxygen atoms in total. The quantitative estimate of drug-likeness (QED) is 0.154. The number of hydrogen-bond donors (Lipinski definition) is 0. The molecule has 0 amide bonds. The van der Waals surface area contributed by atoms with Crippen LogP contribution in [0, 0.1) is 20.8 Å². The van der Waals surface area contributed by atoms with E-state index >= 15 is 0 Å². The minimum Gasteiger partial charge on any atom is -0.309 e. The highest BCUT2D eigenvalue weighted by atomic mass is 15.0. The Hall–Kier alpha value is -6.96. The van der Waals surface area contributed by atoms with Crippen LogP contribution in [0.25, 0.3) is 92.8 Å². The maximum atomic E-state index is 2.54. The highest BCUT2D eigenvalue weighted by Gasteiger charge is 2.36. The van der Waals surface area contributed by atoms with Gasteiger partial charge in [0.15, 0.2) is 0 Å². The topological polar surface area (TPSA) is 4.93 Å². The molecular weight excluding hydrogens is 735 g/mol. The van der Waals surface area contributed by atoms with Crippen molar-refractivity contribution in [3.05, 3.63) is 210 Å². The largest absolute Gasteiger partial charge is 0.309 e. The molecule has 1 heteroatoms. The number of rotatable bonds is 2. The van der Waals surface area contributed by atoms with Crippen LogP contribution in [0.1, 0.15) is 55.5 Å². The average Bonchev–Trinajstić information content (AvgIpc) is 3.73. The predicted octanol–water partition coefficient (Wildman–Crippen LogP) is 17.0. The van der Waals surface area contributed by atoms with Crippen molar-refractivity contribution in [3.8, 4) is 27.9 Å². The molecule has 1 aliphatic rings. The molecule has 0 aliphatic heterocycles. The third-order valence-corrected chi connectivity index (χ3v) is 13.2. The summed E-state index contributed by atoms with van der Waals surface area (Å²) in [6.45, 7) is 15.3. The summed E-state index contributed by atoms with van der Waals surface area (Å²) in [4.78, 5) is 0. The van der Waals surface area contributed by atoms with E-state index in [9.17, 15) is 0 Å². The van der Waals surface area contributed by atoms with Crippen LogP contribution < -0.4 is 0 Å². The van der Waals surface area contributed by atoms with Gasteiger partial charge in [-0.05, 0) is 145 Å². The first-order valence-electron chi connectivity index (χ1n) is 21.8. The van der Waals surface area contributed by atoms with Crippen molar-refractivity contribution in [1.82, 2.24) is 4.57 Å². The molecule has 12 rings (SSSR count). The van der Waals surface area contributed by atoms with Gasteiger partial charge in [-0.2, -0.15) is 0 Å². The number of aryl methyl sites for hydroxylation is 3. The Morgan fingerprint density at radius 2 is 0.885 bits per heavy atom. The summed E-state index contributed by atoms with van der Waals surface area (Å²) < 4.78 is 2.54. The lowest BCUT2D eigenvalue weighted by atomic mass is 9.82. The zero-order chi connectivity index (χ0) is 42.0. The normalized spacial score (nSPS) is 12.6. The molecule has 0 unspecified atom stereocenters. The SMILES string of the molecule is CC.Cc1ccc2ccccc2c1.Cc1ccccc1-c1cc(-n2c3cc4c(cc3c3cc5c6ccccc6c6ccccc6c5cc32)-c2ccccc2C4(C)C)ccc1C. The highest BCUT2D eigenvalue weighted by molar-refractivity contribution is 6.29. The third kappa shape index (κ3) is 6.14. The number of benzene rings is 10. The molecule has 296 valence electrons. The van der Waals surface area contributed by atoms with Crippen molar-refractivity contribution in [1.29, 1.82) is 0 Å². The van der Waals surface area contributed by atoms with E-state index < -0.39 is 0 Å². The van der Waals surface area contributed by atoms with Crippen molar-refractivity contribution in [2.45, 2.75) is 53.9 Å². The van der Waals surface area contributed by atoms with Gasteiger partial charge in [0.2, 0.25) is 0 Å². The van der Waals surface area contributed by atoms with E-state index in [1.54, 1.807) is 0 Å². The zero-order valence-corrected chi connectivity index (χ0v) is 36.3. The van der Waals surface area contributed by atoms with E-state index in [0.29, 0.717) is 0 Å². The fraction of sp³-hybridized carbons (Fsp3) is 0.133. The molecule has 1 aliphatic carbocycles. The number of hydrogen-bond acceptors (Lipinski definition) is 0. The molecule has 1 heterocycles. The number of nitrogens with zero attached hydrogens (tertiary/aromatic N) is 1. The van der Waals surface area contributed by atoms with Gasteiger partial charge < -0.3 is 4.57 Å². The van der Waals surface area contributed by atoms with Gasteiger partial charge in [0.1, 0.15) is 0 Å². The molecule has 0 saturated carbocycles. The summed E-state index contributed by atoms with van der Waals surface area (Å²) in [7, 11) is 0. The molecule has 10 aromatic carbocycles. The smallest absolute Gasteiger partial charge is 0.0547 e. The fourth-order valence-electron chi connectivity index (χ4n) is 10.1. The number of fused-ring (bicyclic) bond motifs is 13. The van der Waals surface area contributed by atoms with Crippen LogP contribution in [0.5, 0.6) is 0 Å². The van der Waals surface area contributed by atoms with E-state index in [2.05, 4.69) is 221 Å². The molecule has 1 aromatic heterocycles. The number of aromatic nitrogens is 1. The first-order chi connectivity index (χ1) is 29.8. The maximum absolute atomic E-state index is 2.54. The van der Waals surface area contributed by atoms with Gasteiger partial charge in [0.25, 0.3) is 0 Å². The van der Waals surface area contributed by atoms with Crippen molar-refractivity contribution in [2.75, 3.05) is 0 Å². The Kier molecular flexibility index (Phi) is 9.37. The van der Waals surface area contributed by atoms with Crippen LogP contribution >= 0.6 is 0 Å². The Morgan fingerprint density at radius 3 is 1.59 bits per heavy atom. The van der Waals surface area contributed by atoms with Crippen molar-refractivity contribution in [2.24, 2.45) is 0 Å². The van der Waals surface area contributed by atoms with Gasteiger partial charge in [-0.25, -0.2) is 0 Å². The summed E-state index contributed by atoms with van der Waals surface area (Å²) in [5.74, 6) is 0.